The number of aromatic nitrogens is 1. The smallest absolute Gasteiger partial charge is 0.251 e. The van der Waals surface area contributed by atoms with Gasteiger partial charge in [-0.15, -0.1) is 11.3 Å². The lowest BCUT2D eigenvalue weighted by atomic mass is 9.93. The number of benzene rings is 1. The molecule has 29 heavy (non-hydrogen) atoms. The molecule has 3 rings (SSSR count). The van der Waals surface area contributed by atoms with E-state index >= 15 is 0 Å². The van der Waals surface area contributed by atoms with E-state index in [1.807, 2.05) is 5.38 Å². The highest BCUT2D eigenvalue weighted by Gasteiger charge is 2.30. The van der Waals surface area contributed by atoms with E-state index in [1.165, 1.54) is 24.2 Å². The number of ether oxygens (including phenoxy) is 2. The van der Waals surface area contributed by atoms with Crippen LogP contribution in [-0.2, 0) is 6.61 Å². The number of rotatable bonds is 8. The molecule has 1 atom stereocenters. The minimum absolute atomic E-state index is 0.0784. The number of hydrogen-bond donors (Lipinski definition) is 1. The molecule has 2 heterocycles. The van der Waals surface area contributed by atoms with Gasteiger partial charge in [0.1, 0.15) is 6.61 Å². The first-order valence-electron chi connectivity index (χ1n) is 10.1. The summed E-state index contributed by atoms with van der Waals surface area (Å²) < 4.78 is 11.2. The lowest BCUT2D eigenvalue weighted by Crippen LogP contribution is -2.54. The van der Waals surface area contributed by atoms with Crippen molar-refractivity contribution in [1.29, 1.82) is 0 Å². The van der Waals surface area contributed by atoms with Crippen LogP contribution in [0.4, 0.5) is 0 Å². The Labute approximate surface area is 177 Å². The zero-order valence-corrected chi connectivity index (χ0v) is 18.6. The van der Waals surface area contributed by atoms with Gasteiger partial charge in [-0.3, -0.25) is 9.69 Å². The number of carbonyl (C=O) groups excluding carboxylic acids is 1. The van der Waals surface area contributed by atoms with Crippen LogP contribution in [0.5, 0.6) is 11.5 Å². The number of thiazole rings is 1. The van der Waals surface area contributed by atoms with Crippen molar-refractivity contribution in [3.05, 3.63) is 40.3 Å². The molecule has 1 fully saturated rings. The molecule has 6 nitrogen and oxygen atoms in total. The highest BCUT2D eigenvalue weighted by atomic mass is 32.1. The fraction of sp³-hybridized carbons (Fsp3) is 0.545. The predicted octanol–water partition coefficient (Wildman–Crippen LogP) is 3.97. The van der Waals surface area contributed by atoms with Crippen LogP contribution in [0.1, 0.15) is 49.7 Å². The Hall–Kier alpha value is -2.12. The highest BCUT2D eigenvalue weighted by molar-refractivity contribution is 7.07. The third-order valence-electron chi connectivity index (χ3n) is 5.48. The molecule has 1 aliphatic rings. The van der Waals surface area contributed by atoms with Gasteiger partial charge in [0.05, 0.1) is 18.3 Å². The number of hydrogen-bond acceptors (Lipinski definition) is 6. The second-order valence-electron chi connectivity index (χ2n) is 8.32. The van der Waals surface area contributed by atoms with Crippen LogP contribution in [-0.4, -0.2) is 48.1 Å². The van der Waals surface area contributed by atoms with Gasteiger partial charge in [0.15, 0.2) is 11.5 Å². The summed E-state index contributed by atoms with van der Waals surface area (Å²) in [4.78, 5) is 19.4. The van der Waals surface area contributed by atoms with E-state index in [4.69, 9.17) is 9.47 Å². The Bertz CT molecular complexity index is 808. The van der Waals surface area contributed by atoms with Gasteiger partial charge >= 0.3 is 0 Å². The molecule has 2 aromatic rings. The fourth-order valence-electron chi connectivity index (χ4n) is 3.64. The molecule has 0 aliphatic carbocycles. The van der Waals surface area contributed by atoms with Crippen molar-refractivity contribution in [2.75, 3.05) is 26.7 Å². The van der Waals surface area contributed by atoms with Crippen LogP contribution in [0.25, 0.3) is 0 Å². The molecule has 1 aliphatic heterocycles. The zero-order chi connectivity index (χ0) is 20.9. The molecule has 0 saturated carbocycles. The quantitative estimate of drug-likeness (QED) is 0.704. The van der Waals surface area contributed by atoms with Crippen LogP contribution >= 0.6 is 11.3 Å². The number of methoxy groups -OCH3 is 1. The number of piperidine rings is 1. The summed E-state index contributed by atoms with van der Waals surface area (Å²) in [6.45, 7) is 9.83. The molecule has 1 aromatic carbocycles. The van der Waals surface area contributed by atoms with Gasteiger partial charge in [0.2, 0.25) is 0 Å². The van der Waals surface area contributed by atoms with Crippen LogP contribution in [0.15, 0.2) is 29.1 Å². The summed E-state index contributed by atoms with van der Waals surface area (Å²) in [6.07, 6.45) is 2.51. The number of likely N-dealkylation sites (tertiary alicyclic amines) is 1. The number of amides is 1. The Balaban J connectivity index is 1.59. The molecular formula is C22H31N3O3S. The molecule has 1 unspecified atom stereocenters. The van der Waals surface area contributed by atoms with E-state index in [1.54, 1.807) is 30.8 Å². The van der Waals surface area contributed by atoms with E-state index in [2.05, 4.69) is 36.0 Å². The number of nitrogens with one attached hydrogen (secondary N) is 1. The fourth-order valence-corrected chi connectivity index (χ4v) is 4.18. The molecular weight excluding hydrogens is 386 g/mol. The normalized spacial score (nSPS) is 17.7. The van der Waals surface area contributed by atoms with Gasteiger partial charge in [-0.05, 0) is 57.4 Å². The lowest BCUT2D eigenvalue weighted by Gasteiger charge is -2.43. The van der Waals surface area contributed by atoms with Gasteiger partial charge in [-0.2, -0.15) is 0 Å². The average molecular weight is 418 g/mol. The summed E-state index contributed by atoms with van der Waals surface area (Å²) in [5, 5.41) is 5.03. The average Bonchev–Trinajstić information content (AvgIpc) is 3.24. The molecule has 1 aromatic heterocycles. The maximum absolute atomic E-state index is 12.7. The molecule has 1 saturated heterocycles. The molecule has 7 heteroatoms. The summed E-state index contributed by atoms with van der Waals surface area (Å²) in [5.41, 5.74) is 3.12. The summed E-state index contributed by atoms with van der Waals surface area (Å²) in [5.74, 6) is 1.74. The van der Waals surface area contributed by atoms with E-state index < -0.39 is 0 Å². The monoisotopic (exact) mass is 417 g/mol. The van der Waals surface area contributed by atoms with E-state index in [0.29, 0.717) is 36.1 Å². The number of carbonyl (C=O) groups is 1. The van der Waals surface area contributed by atoms with Crippen LogP contribution in [0.2, 0.25) is 0 Å². The van der Waals surface area contributed by atoms with Crippen molar-refractivity contribution in [2.24, 2.45) is 5.92 Å². The molecule has 0 spiro atoms. The Kier molecular flexibility index (Phi) is 7.14. The standard InChI is InChI=1S/C22H31N3O3S/c1-16-6-5-9-25(11-16)22(2,3)14-23-21(26)17-7-8-19(20(10-17)27-4)28-12-18-13-29-15-24-18/h7-8,10,13,15-16H,5-6,9,11-12,14H2,1-4H3,(H,23,26). The van der Waals surface area contributed by atoms with Crippen LogP contribution in [0.3, 0.4) is 0 Å². The van der Waals surface area contributed by atoms with E-state index in [-0.39, 0.29) is 11.4 Å². The third kappa shape index (κ3) is 5.70. The summed E-state index contributed by atoms with van der Waals surface area (Å²) in [7, 11) is 1.58. The second-order valence-corrected chi connectivity index (χ2v) is 9.04. The van der Waals surface area contributed by atoms with Crippen LogP contribution in [0, 0.1) is 5.92 Å². The maximum Gasteiger partial charge on any atom is 0.251 e. The summed E-state index contributed by atoms with van der Waals surface area (Å²) >= 11 is 1.53. The van der Waals surface area contributed by atoms with Crippen molar-refractivity contribution in [2.45, 2.75) is 45.8 Å². The van der Waals surface area contributed by atoms with Gasteiger partial charge in [0, 0.05) is 29.6 Å². The molecule has 1 N–H and O–H groups in total. The highest BCUT2D eigenvalue weighted by Crippen LogP contribution is 2.29. The minimum Gasteiger partial charge on any atom is -0.493 e. The van der Waals surface area contributed by atoms with Gasteiger partial charge < -0.3 is 14.8 Å². The van der Waals surface area contributed by atoms with Crippen LogP contribution < -0.4 is 14.8 Å². The Morgan fingerprint density at radius 3 is 2.90 bits per heavy atom. The van der Waals surface area contributed by atoms with E-state index in [0.717, 1.165) is 18.8 Å². The minimum atomic E-state index is -0.104. The first kappa shape index (κ1) is 21.6. The third-order valence-corrected chi connectivity index (χ3v) is 6.11. The largest absolute Gasteiger partial charge is 0.493 e. The van der Waals surface area contributed by atoms with Crippen molar-refractivity contribution in [3.8, 4) is 11.5 Å². The molecule has 158 valence electrons. The van der Waals surface area contributed by atoms with Crippen molar-refractivity contribution >= 4 is 17.2 Å². The topological polar surface area (TPSA) is 63.7 Å². The maximum atomic E-state index is 12.7. The summed E-state index contributed by atoms with van der Waals surface area (Å²) in [6, 6.07) is 5.27. The molecule has 0 bridgehead atoms. The predicted molar refractivity (Wildman–Crippen MR) is 116 cm³/mol. The van der Waals surface area contributed by atoms with Crippen molar-refractivity contribution in [1.82, 2.24) is 15.2 Å². The first-order valence-corrected chi connectivity index (χ1v) is 11.0. The Morgan fingerprint density at radius 2 is 2.21 bits per heavy atom. The first-order chi connectivity index (χ1) is 13.9. The zero-order valence-electron chi connectivity index (χ0n) is 17.7. The SMILES string of the molecule is COc1cc(C(=O)NCC(C)(C)N2CCCC(C)C2)ccc1OCc1cscn1. The van der Waals surface area contributed by atoms with E-state index in [9.17, 15) is 4.79 Å². The van der Waals surface area contributed by atoms with Crippen molar-refractivity contribution in [3.63, 3.8) is 0 Å². The van der Waals surface area contributed by atoms with Crippen molar-refractivity contribution < 1.29 is 14.3 Å². The van der Waals surface area contributed by atoms with Gasteiger partial charge in [0.25, 0.3) is 5.91 Å². The van der Waals surface area contributed by atoms with Gasteiger partial charge in [-0.25, -0.2) is 4.98 Å². The van der Waals surface area contributed by atoms with Gasteiger partial charge in [-0.1, -0.05) is 6.92 Å². The second kappa shape index (κ2) is 9.59. The lowest BCUT2D eigenvalue weighted by molar-refractivity contribution is 0.0657. The Morgan fingerprint density at radius 1 is 1.38 bits per heavy atom. The molecule has 1 amide bonds. The number of nitrogens with zero attached hydrogens (tertiary/aromatic N) is 2. The molecule has 0 radical (unpaired) electrons.